The van der Waals surface area contributed by atoms with E-state index in [0.717, 1.165) is 24.1 Å². The molecule has 0 saturated heterocycles. The SMILES string of the molecule is CCC[N+](CC)(CC)CCCC[N+](CC)(CC)CCO.[Br-].[Br-]. The van der Waals surface area contributed by atoms with E-state index in [1.807, 2.05) is 0 Å². The molecule has 0 spiro atoms. The number of hydrogen-bond acceptors (Lipinski definition) is 1. The molecule has 0 saturated carbocycles. The van der Waals surface area contributed by atoms with Crippen LogP contribution in [-0.2, 0) is 0 Å². The number of aliphatic hydroxyl groups excluding tert-OH is 1. The Bertz CT molecular complexity index is 209. The molecule has 0 aliphatic heterocycles. The summed E-state index contributed by atoms with van der Waals surface area (Å²) < 4.78 is 2.37. The Labute approximate surface area is 160 Å². The smallest absolute Gasteiger partial charge is 0.102 e. The molecular formula is C17H40Br2N2O. The maximum absolute atomic E-state index is 9.28. The van der Waals surface area contributed by atoms with E-state index in [9.17, 15) is 5.11 Å². The van der Waals surface area contributed by atoms with Crippen molar-refractivity contribution in [2.75, 3.05) is 59.0 Å². The Morgan fingerprint density at radius 2 is 0.955 bits per heavy atom. The minimum atomic E-state index is 0. The van der Waals surface area contributed by atoms with Crippen molar-refractivity contribution in [3.05, 3.63) is 0 Å². The van der Waals surface area contributed by atoms with Crippen LogP contribution in [0.1, 0.15) is 53.9 Å². The summed E-state index contributed by atoms with van der Waals surface area (Å²) in [6, 6.07) is 0. The van der Waals surface area contributed by atoms with Crippen molar-refractivity contribution < 1.29 is 48.0 Å². The minimum absolute atomic E-state index is 0. The zero-order chi connectivity index (χ0) is 15.5. The molecule has 0 aromatic rings. The summed E-state index contributed by atoms with van der Waals surface area (Å²) in [6.07, 6.45) is 3.91. The fourth-order valence-corrected chi connectivity index (χ4v) is 3.52. The van der Waals surface area contributed by atoms with E-state index in [2.05, 4.69) is 34.6 Å². The molecule has 22 heavy (non-hydrogen) atoms. The van der Waals surface area contributed by atoms with Gasteiger partial charge in [-0.15, -0.1) is 0 Å². The van der Waals surface area contributed by atoms with Crippen LogP contribution in [-0.4, -0.2) is 73.0 Å². The molecule has 5 heteroatoms. The lowest BCUT2D eigenvalue weighted by Gasteiger charge is -2.38. The number of quaternary nitrogens is 2. The molecule has 0 rings (SSSR count). The Hall–Kier alpha value is 0.840. The van der Waals surface area contributed by atoms with Gasteiger partial charge in [0.15, 0.2) is 0 Å². The largest absolute Gasteiger partial charge is 1.00 e. The van der Waals surface area contributed by atoms with Crippen molar-refractivity contribution in [3.8, 4) is 0 Å². The highest BCUT2D eigenvalue weighted by molar-refractivity contribution is 4.47. The maximum atomic E-state index is 9.28. The van der Waals surface area contributed by atoms with Crippen molar-refractivity contribution in [2.24, 2.45) is 0 Å². The first-order chi connectivity index (χ1) is 9.57. The Morgan fingerprint density at radius 1 is 0.591 bits per heavy atom. The summed E-state index contributed by atoms with van der Waals surface area (Å²) in [5.74, 6) is 0. The first kappa shape index (κ1) is 27.7. The van der Waals surface area contributed by atoms with Crippen LogP contribution >= 0.6 is 0 Å². The molecule has 0 aliphatic carbocycles. The summed E-state index contributed by atoms with van der Waals surface area (Å²) >= 11 is 0. The number of likely N-dealkylation sites (N-methyl/N-ethyl adjacent to an activating group) is 1. The summed E-state index contributed by atoms with van der Waals surface area (Å²) in [5, 5.41) is 9.28. The van der Waals surface area contributed by atoms with Crippen molar-refractivity contribution in [1.29, 1.82) is 0 Å². The van der Waals surface area contributed by atoms with Crippen molar-refractivity contribution >= 4 is 0 Å². The number of hydrogen-bond donors (Lipinski definition) is 1. The third-order valence-electron chi connectivity index (χ3n) is 5.47. The highest BCUT2D eigenvalue weighted by Crippen LogP contribution is 2.13. The predicted molar refractivity (Wildman–Crippen MR) is 88.8 cm³/mol. The molecule has 0 heterocycles. The summed E-state index contributed by atoms with van der Waals surface area (Å²) in [6.45, 7) is 21.4. The Balaban J connectivity index is -0.00000180. The van der Waals surface area contributed by atoms with E-state index in [1.54, 1.807) is 0 Å². The van der Waals surface area contributed by atoms with Gasteiger partial charge in [-0.25, -0.2) is 0 Å². The van der Waals surface area contributed by atoms with Crippen LogP contribution in [0.25, 0.3) is 0 Å². The van der Waals surface area contributed by atoms with Crippen molar-refractivity contribution in [2.45, 2.75) is 53.9 Å². The normalized spacial score (nSPS) is 11.7. The third kappa shape index (κ3) is 9.21. The van der Waals surface area contributed by atoms with Crippen LogP contribution in [0.5, 0.6) is 0 Å². The number of nitrogens with zero attached hydrogens (tertiary/aromatic N) is 2. The monoisotopic (exact) mass is 446 g/mol. The summed E-state index contributed by atoms with van der Waals surface area (Å²) in [4.78, 5) is 0. The summed E-state index contributed by atoms with van der Waals surface area (Å²) in [5.41, 5.74) is 0. The van der Waals surface area contributed by atoms with E-state index in [-0.39, 0.29) is 34.0 Å². The van der Waals surface area contributed by atoms with E-state index < -0.39 is 0 Å². The van der Waals surface area contributed by atoms with Crippen LogP contribution < -0.4 is 34.0 Å². The molecule has 0 aromatic carbocycles. The van der Waals surface area contributed by atoms with Crippen molar-refractivity contribution in [1.82, 2.24) is 0 Å². The molecule has 0 atom stereocenters. The number of halogens is 2. The molecule has 3 nitrogen and oxygen atoms in total. The molecule has 0 amide bonds. The summed E-state index contributed by atoms with van der Waals surface area (Å²) in [7, 11) is 0. The van der Waals surface area contributed by atoms with E-state index in [4.69, 9.17) is 0 Å². The quantitative estimate of drug-likeness (QED) is 0.234. The highest BCUT2D eigenvalue weighted by atomic mass is 79.9. The Kier molecular flexibility index (Phi) is 19.3. The molecular weight excluding hydrogens is 408 g/mol. The zero-order valence-corrected chi connectivity index (χ0v) is 18.8. The molecule has 1 N–H and O–H groups in total. The average Bonchev–Trinajstić information content (AvgIpc) is 2.49. The van der Waals surface area contributed by atoms with E-state index in [1.165, 1.54) is 56.5 Å². The van der Waals surface area contributed by atoms with E-state index in [0.29, 0.717) is 6.61 Å². The minimum Gasteiger partial charge on any atom is -1.00 e. The lowest BCUT2D eigenvalue weighted by molar-refractivity contribution is -0.931. The van der Waals surface area contributed by atoms with E-state index >= 15 is 0 Å². The second-order valence-corrected chi connectivity index (χ2v) is 6.27. The van der Waals surface area contributed by atoms with Gasteiger partial charge in [-0.1, -0.05) is 6.92 Å². The lowest BCUT2D eigenvalue weighted by Crippen LogP contribution is -3.00. The number of unbranched alkanes of at least 4 members (excludes halogenated alkanes) is 1. The van der Waals surface area contributed by atoms with Crippen LogP contribution in [0.15, 0.2) is 0 Å². The molecule has 0 bridgehead atoms. The van der Waals surface area contributed by atoms with Gasteiger partial charge in [-0.2, -0.15) is 0 Å². The van der Waals surface area contributed by atoms with Crippen molar-refractivity contribution in [3.63, 3.8) is 0 Å². The molecule has 0 aliphatic rings. The van der Waals surface area contributed by atoms with Gasteiger partial charge in [0.2, 0.25) is 0 Å². The van der Waals surface area contributed by atoms with Gasteiger partial charge in [0, 0.05) is 12.8 Å². The highest BCUT2D eigenvalue weighted by Gasteiger charge is 2.24. The van der Waals surface area contributed by atoms with Crippen LogP contribution in [0.3, 0.4) is 0 Å². The molecule has 0 aromatic heterocycles. The Morgan fingerprint density at radius 3 is 1.23 bits per heavy atom. The number of aliphatic hydroxyl groups is 1. The second-order valence-electron chi connectivity index (χ2n) is 6.27. The average molecular weight is 448 g/mol. The zero-order valence-electron chi connectivity index (χ0n) is 15.6. The first-order valence-corrected chi connectivity index (χ1v) is 8.88. The topological polar surface area (TPSA) is 20.2 Å². The molecule has 138 valence electrons. The maximum Gasteiger partial charge on any atom is 0.102 e. The van der Waals surface area contributed by atoms with Gasteiger partial charge in [0.25, 0.3) is 0 Å². The fourth-order valence-electron chi connectivity index (χ4n) is 3.52. The lowest BCUT2D eigenvalue weighted by atomic mass is 10.2. The second kappa shape index (κ2) is 15.4. The van der Waals surface area contributed by atoms with Gasteiger partial charge >= 0.3 is 0 Å². The third-order valence-corrected chi connectivity index (χ3v) is 5.47. The standard InChI is InChI=1S/C17H40N2O.2BrH/c1-6-13-18(7-2,8-3)14-11-12-15-19(9-4,10-5)16-17-20;;/h20H,6-17H2,1-5H3;2*1H/q+2;;/p-2. The van der Waals surface area contributed by atoms with Crippen LogP contribution in [0.2, 0.25) is 0 Å². The first-order valence-electron chi connectivity index (χ1n) is 8.88. The molecule has 0 fully saturated rings. The number of rotatable bonds is 13. The van der Waals surface area contributed by atoms with Gasteiger partial charge in [0.1, 0.15) is 6.54 Å². The van der Waals surface area contributed by atoms with Crippen LogP contribution in [0, 0.1) is 0 Å². The molecule has 0 radical (unpaired) electrons. The van der Waals surface area contributed by atoms with Crippen LogP contribution in [0.4, 0.5) is 0 Å². The fraction of sp³-hybridized carbons (Fsp3) is 1.00. The predicted octanol–water partition coefficient (Wildman–Crippen LogP) is -3.11. The van der Waals surface area contributed by atoms with Gasteiger partial charge < -0.3 is 48.0 Å². The van der Waals surface area contributed by atoms with Gasteiger partial charge in [0.05, 0.1) is 52.4 Å². The van der Waals surface area contributed by atoms with Gasteiger partial charge in [-0.05, 0) is 34.1 Å². The van der Waals surface area contributed by atoms with Gasteiger partial charge in [-0.3, -0.25) is 0 Å². The molecule has 0 unspecified atom stereocenters.